The summed E-state index contributed by atoms with van der Waals surface area (Å²) >= 11 is 1.61. The topological polar surface area (TPSA) is 83.8 Å². The Morgan fingerprint density at radius 3 is 2.67 bits per heavy atom. The second kappa shape index (κ2) is 11.7. The minimum atomic E-state index is -4.51. The van der Waals surface area contributed by atoms with Crippen molar-refractivity contribution in [1.82, 2.24) is 10.3 Å². The van der Waals surface area contributed by atoms with Crippen LogP contribution < -0.4 is 5.32 Å². The number of fused-ring (bicyclic) bond motifs is 1. The molecule has 2 aromatic rings. The van der Waals surface area contributed by atoms with E-state index in [9.17, 15) is 21.6 Å². The zero-order chi connectivity index (χ0) is 27.6. The standard InChI is InChI=1S/C27H25BrF3IN4O2S/c28-23-16-35-32-25(34-15-19-4-2-12-33-14-19)13-24(36-26(23)32)20-5-1-3-18(6-7-20)17-39(37,38)22-10-8-21(9-11-22)27(29,30)31/h2,4,8-14,16-17,20,36H,1,3,5-7,15H2/b18-17+,34-25?. The second-order valence-electron chi connectivity index (χ2n) is 9.35. The number of pyridine rings is 1. The summed E-state index contributed by atoms with van der Waals surface area (Å²) in [5.74, 6) is 0.194. The molecule has 1 saturated carbocycles. The number of sulfone groups is 1. The van der Waals surface area contributed by atoms with Crippen LogP contribution in [0.4, 0.5) is 13.2 Å². The summed E-state index contributed by atoms with van der Waals surface area (Å²) in [6.45, 7) is 0.528. The fourth-order valence-electron chi connectivity index (χ4n) is 4.61. The third kappa shape index (κ3) is 6.71. The summed E-state index contributed by atoms with van der Waals surface area (Å²) in [6, 6.07) is 7.54. The van der Waals surface area contributed by atoms with Crippen LogP contribution in [0.25, 0.3) is 0 Å². The van der Waals surface area contributed by atoms with Crippen LogP contribution >= 0.6 is 36.0 Å². The van der Waals surface area contributed by atoms with Crippen molar-refractivity contribution in [2.24, 2.45) is 14.1 Å². The number of nitrogens with one attached hydrogen (secondary N) is 1. The molecule has 5 rings (SSSR count). The van der Waals surface area contributed by atoms with Crippen molar-refractivity contribution < 1.29 is 21.6 Å². The molecule has 1 aromatic carbocycles. The molecule has 6 nitrogen and oxygen atoms in total. The Morgan fingerprint density at radius 2 is 1.95 bits per heavy atom. The van der Waals surface area contributed by atoms with Gasteiger partial charge in [-0.2, -0.15) is 13.2 Å². The van der Waals surface area contributed by atoms with Crippen LogP contribution in [0.5, 0.6) is 0 Å². The number of alkyl halides is 3. The number of nitrogens with zero attached hydrogens (tertiary/aromatic N) is 3. The number of benzene rings is 1. The molecule has 0 saturated heterocycles. The van der Waals surface area contributed by atoms with Crippen molar-refractivity contribution >= 4 is 55.8 Å². The molecule has 39 heavy (non-hydrogen) atoms. The van der Waals surface area contributed by atoms with Gasteiger partial charge in [0.05, 0.1) is 5.56 Å². The molecule has 0 amide bonds. The van der Waals surface area contributed by atoms with E-state index >= 15 is 0 Å². The van der Waals surface area contributed by atoms with E-state index in [1.807, 2.05) is 24.5 Å². The van der Waals surface area contributed by atoms with Gasteiger partial charge < -0.3 is 0 Å². The summed E-state index contributed by atoms with van der Waals surface area (Å²) in [5, 5.41) is 4.86. The van der Waals surface area contributed by atoms with Gasteiger partial charge >= 0.3 is 224 Å². The van der Waals surface area contributed by atoms with Gasteiger partial charge in [-0.25, -0.2) is 0 Å². The first-order valence-corrected chi connectivity index (χ1v) is 17.7. The van der Waals surface area contributed by atoms with Crippen molar-refractivity contribution in [3.05, 3.63) is 90.9 Å². The molecular weight excluding hydrogens is 708 g/mol. The normalized spacial score (nSPS) is 23.0. The van der Waals surface area contributed by atoms with Crippen molar-refractivity contribution in [1.29, 1.82) is 0 Å². The number of hydrogen-bond acceptors (Lipinski definition) is 6. The van der Waals surface area contributed by atoms with Crippen molar-refractivity contribution in [3.8, 4) is 0 Å². The Hall–Kier alpha value is -2.32. The molecule has 2 aliphatic heterocycles. The Kier molecular flexibility index (Phi) is 8.43. The number of rotatable bonds is 5. The van der Waals surface area contributed by atoms with E-state index in [4.69, 9.17) is 8.20 Å². The molecule has 1 unspecified atom stereocenters. The third-order valence-corrected chi connectivity index (χ3v) is 14.0. The first kappa shape index (κ1) is 28.2. The van der Waals surface area contributed by atoms with E-state index in [0.717, 1.165) is 72.3 Å². The van der Waals surface area contributed by atoms with E-state index < -0.39 is 41.7 Å². The average molecular weight is 733 g/mol. The molecule has 12 heteroatoms. The van der Waals surface area contributed by atoms with Gasteiger partial charge in [0, 0.05) is 0 Å². The quantitative estimate of drug-likeness (QED) is 0.196. The van der Waals surface area contributed by atoms with Gasteiger partial charge in [-0.15, -0.1) is 0 Å². The summed E-state index contributed by atoms with van der Waals surface area (Å²) < 4.78 is 72.3. The maximum atomic E-state index is 12.9. The minimum absolute atomic E-state index is 0.135. The van der Waals surface area contributed by atoms with Crippen LogP contribution in [-0.2, 0) is 22.6 Å². The van der Waals surface area contributed by atoms with E-state index in [1.165, 1.54) is 5.41 Å². The van der Waals surface area contributed by atoms with Gasteiger partial charge in [-0.05, 0) is 0 Å². The first-order valence-electron chi connectivity index (χ1n) is 12.3. The molecular formula is C27H25BrF3IN4O2S. The zero-order valence-electron chi connectivity index (χ0n) is 20.6. The molecule has 1 aromatic heterocycles. The van der Waals surface area contributed by atoms with Gasteiger partial charge in [0.15, 0.2) is 0 Å². The SMILES string of the molecule is O=S(=O)(/C=C1\CCCC(C2=CC(=NCc3cccnc3)I3N=CC(Br)=C3N2)CC1)c1ccc(C(F)(F)F)cc1. The Balaban J connectivity index is 1.33. The molecule has 1 fully saturated rings. The van der Waals surface area contributed by atoms with Gasteiger partial charge in [0.25, 0.3) is 0 Å². The molecule has 0 spiro atoms. The second-order valence-corrected chi connectivity index (χ2v) is 16.2. The van der Waals surface area contributed by atoms with Gasteiger partial charge in [-0.1, -0.05) is 0 Å². The van der Waals surface area contributed by atoms with Crippen LogP contribution in [0.1, 0.15) is 43.2 Å². The number of allylic oxidation sites excluding steroid dienone is 4. The number of aliphatic imine (C=N–C) groups is 1. The van der Waals surface area contributed by atoms with Crippen LogP contribution in [0.3, 0.4) is 0 Å². The van der Waals surface area contributed by atoms with Crippen LogP contribution in [-0.4, -0.2) is 23.3 Å². The average Bonchev–Trinajstić information content (AvgIpc) is 3.13. The van der Waals surface area contributed by atoms with Crippen molar-refractivity contribution in [2.75, 3.05) is 0 Å². The molecule has 1 aliphatic carbocycles. The molecule has 1 atom stereocenters. The van der Waals surface area contributed by atoms with Crippen LogP contribution in [0, 0.1) is 5.92 Å². The van der Waals surface area contributed by atoms with Crippen LogP contribution in [0.2, 0.25) is 0 Å². The fourth-order valence-corrected chi connectivity index (χ4v) is 11.5. The summed E-state index contributed by atoms with van der Waals surface area (Å²) in [7, 11) is -3.85. The Labute approximate surface area is 241 Å². The number of aromatic nitrogens is 1. The number of hydrogen-bond donors (Lipinski definition) is 1. The van der Waals surface area contributed by atoms with Crippen molar-refractivity contribution in [2.45, 2.75) is 49.7 Å². The summed E-state index contributed by atoms with van der Waals surface area (Å²) in [4.78, 5) is 8.95. The Morgan fingerprint density at radius 1 is 1.15 bits per heavy atom. The molecule has 1 N–H and O–H groups in total. The maximum absolute atomic E-state index is 12.9. The predicted molar refractivity (Wildman–Crippen MR) is 158 cm³/mol. The van der Waals surface area contributed by atoms with Crippen molar-refractivity contribution in [3.63, 3.8) is 0 Å². The van der Waals surface area contributed by atoms with Crippen LogP contribution in [0.15, 0.2) is 92.8 Å². The van der Waals surface area contributed by atoms with Gasteiger partial charge in [0.2, 0.25) is 0 Å². The van der Waals surface area contributed by atoms with E-state index in [-0.39, 0.29) is 10.8 Å². The monoisotopic (exact) mass is 732 g/mol. The number of halogens is 5. The molecule has 3 heterocycles. The summed E-state index contributed by atoms with van der Waals surface area (Å²) in [6.07, 6.45) is 6.66. The van der Waals surface area contributed by atoms with Gasteiger partial charge in [-0.3, -0.25) is 0 Å². The predicted octanol–water partition coefficient (Wildman–Crippen LogP) is 7.49. The van der Waals surface area contributed by atoms with E-state index in [2.05, 4.69) is 32.3 Å². The Bertz CT molecular complexity index is 1500. The van der Waals surface area contributed by atoms with Gasteiger partial charge in [0.1, 0.15) is 0 Å². The first-order chi connectivity index (χ1) is 18.6. The molecule has 206 valence electrons. The molecule has 0 radical (unpaired) electrons. The molecule has 0 bridgehead atoms. The van der Waals surface area contributed by atoms with E-state index in [0.29, 0.717) is 19.4 Å². The zero-order valence-corrected chi connectivity index (χ0v) is 25.2. The third-order valence-electron chi connectivity index (χ3n) is 6.63. The summed E-state index contributed by atoms with van der Waals surface area (Å²) in [5.41, 5.74) is 2.01. The fraction of sp³-hybridized carbons (Fsp3) is 0.296. The molecule has 3 aliphatic rings. The van der Waals surface area contributed by atoms with E-state index in [1.54, 1.807) is 6.20 Å².